The summed E-state index contributed by atoms with van der Waals surface area (Å²) in [7, 11) is 0. The molecule has 2 fully saturated rings. The van der Waals surface area contributed by atoms with E-state index in [0.29, 0.717) is 59.6 Å². The average molecular weight is 1100 g/mol. The molecule has 1 saturated heterocycles. The molecular weight excluding hydrogens is 1030 g/mol. The Labute approximate surface area is 481 Å². The van der Waals surface area contributed by atoms with Crippen LogP contribution in [0.4, 0.5) is 23.2 Å². The normalized spacial score (nSPS) is 20.3. The van der Waals surface area contributed by atoms with Gasteiger partial charge in [0.25, 0.3) is 0 Å². The fourth-order valence-corrected chi connectivity index (χ4v) is 14.0. The Balaban J connectivity index is 0.817. The van der Waals surface area contributed by atoms with E-state index in [1.54, 1.807) is 18.2 Å². The van der Waals surface area contributed by atoms with Gasteiger partial charge in [0.2, 0.25) is 0 Å². The molecule has 2 heterocycles. The lowest BCUT2D eigenvalue weighted by molar-refractivity contribution is -0.137. The number of carbonyl (C=O) groups is 1. The quantitative estimate of drug-likeness (QED) is 0.0517. The average Bonchev–Trinajstić information content (AvgIpc) is 2.87. The van der Waals surface area contributed by atoms with Crippen LogP contribution in [0.5, 0.6) is 5.75 Å². The van der Waals surface area contributed by atoms with Crippen LogP contribution >= 0.6 is 0 Å². The molecule has 8 aromatic carbocycles. The zero-order valence-corrected chi connectivity index (χ0v) is 47.5. The molecule has 2 aliphatic heterocycles. The maximum Gasteiger partial charge on any atom is 0.416 e. The number of Topliss-reactive ketones (excluding diaryl/α,β-unsaturated/α-hetero) is 1. The molecule has 2 atom stereocenters. The van der Waals surface area contributed by atoms with Crippen molar-refractivity contribution >= 4 is 28.3 Å². The summed E-state index contributed by atoms with van der Waals surface area (Å²) in [4.78, 5) is 15.9. The number of ketones is 1. The van der Waals surface area contributed by atoms with Crippen LogP contribution < -0.4 is 9.64 Å². The number of rotatable bonds is 17. The van der Waals surface area contributed by atoms with E-state index in [0.717, 1.165) is 99.6 Å². The zero-order valence-electron chi connectivity index (χ0n) is 47.5. The Morgan fingerprint density at radius 1 is 0.671 bits per heavy atom. The van der Waals surface area contributed by atoms with Crippen LogP contribution in [0.1, 0.15) is 159 Å². The second-order valence-electron chi connectivity index (χ2n) is 23.8. The molecule has 1 saturated carbocycles. The molecule has 82 heavy (non-hydrogen) atoms. The molecule has 4 nitrogen and oxygen atoms in total. The van der Waals surface area contributed by atoms with E-state index in [4.69, 9.17) is 9.47 Å². The highest BCUT2D eigenvalue weighted by molar-refractivity contribution is 6.09. The van der Waals surface area contributed by atoms with Gasteiger partial charge < -0.3 is 14.4 Å². The molecular formula is C74H73F4NO3. The van der Waals surface area contributed by atoms with Gasteiger partial charge in [0.05, 0.1) is 18.8 Å². The van der Waals surface area contributed by atoms with Gasteiger partial charge in [0.1, 0.15) is 11.6 Å². The van der Waals surface area contributed by atoms with Crippen LogP contribution in [0.3, 0.4) is 0 Å². The van der Waals surface area contributed by atoms with E-state index < -0.39 is 28.6 Å². The van der Waals surface area contributed by atoms with Crippen LogP contribution in [-0.4, -0.2) is 32.1 Å². The number of ether oxygens (including phenoxy) is 2. The second kappa shape index (κ2) is 23.2. The van der Waals surface area contributed by atoms with E-state index in [1.807, 2.05) is 48.6 Å². The maximum atomic E-state index is 14.9. The van der Waals surface area contributed by atoms with Gasteiger partial charge in [0.15, 0.2) is 11.4 Å². The highest BCUT2D eigenvalue weighted by atomic mass is 19.4. The number of benzene rings is 8. The van der Waals surface area contributed by atoms with Gasteiger partial charge in [-0.05, 0) is 160 Å². The van der Waals surface area contributed by atoms with Crippen molar-refractivity contribution in [2.24, 2.45) is 5.92 Å². The number of hydrogen-bond donors (Lipinski definition) is 0. The van der Waals surface area contributed by atoms with Crippen molar-refractivity contribution in [1.29, 1.82) is 0 Å². The van der Waals surface area contributed by atoms with Crippen molar-refractivity contribution in [3.05, 3.63) is 220 Å². The van der Waals surface area contributed by atoms with Crippen molar-refractivity contribution in [1.82, 2.24) is 0 Å². The molecule has 0 radical (unpaired) electrons. The summed E-state index contributed by atoms with van der Waals surface area (Å²) in [5.41, 5.74) is 12.2. The highest BCUT2D eigenvalue weighted by Gasteiger charge is 2.47. The number of hydrogen-bond acceptors (Lipinski definition) is 4. The summed E-state index contributed by atoms with van der Waals surface area (Å²) in [6.07, 6.45) is 13.8. The minimum atomic E-state index is -4.61. The Kier molecular flexibility index (Phi) is 15.6. The first-order valence-corrected chi connectivity index (χ1v) is 30.1. The number of aryl methyl sites for hydroxylation is 1. The number of alkyl halides is 3. The van der Waals surface area contributed by atoms with E-state index >= 15 is 0 Å². The van der Waals surface area contributed by atoms with Crippen molar-refractivity contribution in [2.75, 3.05) is 31.2 Å². The van der Waals surface area contributed by atoms with E-state index in [1.165, 1.54) is 86.8 Å². The van der Waals surface area contributed by atoms with Gasteiger partial charge in [-0.1, -0.05) is 181 Å². The SMILES string of the molecule is CCCCCC1CCC(c2ccc(-c3ccc(C(=O)CCc4ccc(-c5ccc6c(c5)-c5c(c7c(c8cc(C(F)(F)F)ccc58)OC(c5ccc(F)cc5)(c5ccc(N8CCOCC8)cc5)C=C7)C6(C)CCCC)cc4)cc3)cc2)CC1. The first-order valence-electron chi connectivity index (χ1n) is 30.1. The topological polar surface area (TPSA) is 38.8 Å². The summed E-state index contributed by atoms with van der Waals surface area (Å²) in [6, 6.07) is 50.5. The van der Waals surface area contributed by atoms with Gasteiger partial charge in [-0.2, -0.15) is 13.2 Å². The first-order chi connectivity index (χ1) is 39.8. The fraction of sp³-hybridized carbons (Fsp3) is 0.338. The standard InChI is InChI=1S/C74H73F4NO3/c1-4-6-8-9-49-10-15-51(16-11-49)52-19-21-53(22-20-52)54-23-25-56(26-24-54)68(80)39-14-50-12-17-55(18-13-50)57-27-38-67-66(47-57)69-63-37-32-60(74(76,77)78)48-65(63)71-64(70(69)72(67,3)41-7-5-2)40-42-73(82-71,58-28-33-61(75)34-29-58)59-30-35-62(36-31-59)79-43-45-81-46-44-79/h12-13,17-38,40,42,47-49,51H,4-11,14-16,39,41,43-46H2,1-3H3. The third kappa shape index (κ3) is 10.7. The van der Waals surface area contributed by atoms with Crippen LogP contribution in [0.15, 0.2) is 164 Å². The predicted octanol–water partition coefficient (Wildman–Crippen LogP) is 19.7. The number of carbonyl (C=O) groups excluding carboxylic acids is 1. The van der Waals surface area contributed by atoms with E-state index in [9.17, 15) is 22.4 Å². The lowest BCUT2D eigenvalue weighted by Gasteiger charge is -2.39. The molecule has 0 N–H and O–H groups in total. The summed E-state index contributed by atoms with van der Waals surface area (Å²) in [5, 5.41) is 1.04. The minimum absolute atomic E-state index is 0.107. The Bertz CT molecular complexity index is 3610. The largest absolute Gasteiger partial charge is 0.472 e. The Morgan fingerprint density at radius 3 is 1.98 bits per heavy atom. The lowest BCUT2D eigenvalue weighted by atomic mass is 9.72. The molecule has 12 rings (SSSR count). The second-order valence-corrected chi connectivity index (χ2v) is 23.8. The van der Waals surface area contributed by atoms with Crippen molar-refractivity contribution in [2.45, 2.75) is 127 Å². The Hall–Kier alpha value is -7.29. The minimum Gasteiger partial charge on any atom is -0.472 e. The van der Waals surface area contributed by atoms with Gasteiger partial charge in [0, 0.05) is 58.3 Å². The van der Waals surface area contributed by atoms with Crippen LogP contribution in [0, 0.1) is 11.7 Å². The monoisotopic (exact) mass is 1100 g/mol. The molecule has 0 aromatic heterocycles. The van der Waals surface area contributed by atoms with Gasteiger partial charge >= 0.3 is 6.18 Å². The Morgan fingerprint density at radius 2 is 1.30 bits per heavy atom. The molecule has 4 aliphatic rings. The number of nitrogens with zero attached hydrogens (tertiary/aromatic N) is 1. The van der Waals surface area contributed by atoms with E-state index in [-0.39, 0.29) is 5.78 Å². The molecule has 8 aromatic rings. The van der Waals surface area contributed by atoms with E-state index in [2.05, 4.69) is 105 Å². The highest BCUT2D eigenvalue weighted by Crippen LogP contribution is 2.60. The number of fused-ring (bicyclic) bond motifs is 8. The smallest absolute Gasteiger partial charge is 0.416 e. The molecule has 0 spiro atoms. The number of anilines is 1. The van der Waals surface area contributed by atoms with Crippen molar-refractivity contribution < 1.29 is 31.8 Å². The third-order valence-corrected chi connectivity index (χ3v) is 18.7. The first kappa shape index (κ1) is 55.3. The van der Waals surface area contributed by atoms with Gasteiger partial charge in [-0.3, -0.25) is 4.79 Å². The molecule has 0 bridgehead atoms. The summed E-state index contributed by atoms with van der Waals surface area (Å²) < 4.78 is 72.4. The van der Waals surface area contributed by atoms with Crippen molar-refractivity contribution in [3.63, 3.8) is 0 Å². The molecule has 2 unspecified atom stereocenters. The fourth-order valence-electron chi connectivity index (χ4n) is 14.0. The molecule has 420 valence electrons. The van der Waals surface area contributed by atoms with Crippen molar-refractivity contribution in [3.8, 4) is 39.1 Å². The predicted molar refractivity (Wildman–Crippen MR) is 325 cm³/mol. The number of morpholine rings is 1. The summed E-state index contributed by atoms with van der Waals surface area (Å²) in [5.74, 6) is 1.63. The van der Waals surface area contributed by atoms with Crippen LogP contribution in [0.2, 0.25) is 0 Å². The number of halogens is 4. The molecule has 2 aliphatic carbocycles. The van der Waals surface area contributed by atoms with Crippen LogP contribution in [-0.2, 0) is 28.4 Å². The molecule has 0 amide bonds. The lowest BCUT2D eigenvalue weighted by Crippen LogP contribution is -2.37. The maximum absolute atomic E-state index is 14.9. The van der Waals surface area contributed by atoms with Gasteiger partial charge in [-0.25, -0.2) is 4.39 Å². The zero-order chi connectivity index (χ0) is 56.6. The number of unbranched alkanes of at least 4 members (excludes halogenated alkanes) is 3. The summed E-state index contributed by atoms with van der Waals surface area (Å²) >= 11 is 0. The third-order valence-electron chi connectivity index (χ3n) is 18.7. The molecule has 8 heteroatoms. The van der Waals surface area contributed by atoms with Gasteiger partial charge in [-0.15, -0.1) is 0 Å². The van der Waals surface area contributed by atoms with Crippen LogP contribution in [0.25, 0.3) is 50.2 Å². The summed E-state index contributed by atoms with van der Waals surface area (Å²) in [6.45, 7) is 9.51.